The van der Waals surface area contributed by atoms with Crippen molar-refractivity contribution in [2.45, 2.75) is 12.8 Å². The first-order valence-electron chi connectivity index (χ1n) is 8.80. The number of carbonyl (C=O) groups excluding carboxylic acids is 1. The van der Waals surface area contributed by atoms with Crippen LogP contribution in [0.4, 0.5) is 5.13 Å². The molecular formula is C21H19ClN2O2S. The first-order chi connectivity index (χ1) is 13.1. The Morgan fingerprint density at radius 1 is 1.30 bits per heavy atom. The van der Waals surface area contributed by atoms with Gasteiger partial charge in [0.15, 0.2) is 5.13 Å². The predicted octanol–water partition coefficient (Wildman–Crippen LogP) is 5.09. The van der Waals surface area contributed by atoms with E-state index >= 15 is 0 Å². The van der Waals surface area contributed by atoms with E-state index in [1.165, 1.54) is 7.11 Å². The average Bonchev–Trinajstić information content (AvgIpc) is 3.12. The molecule has 3 aromatic rings. The second-order valence-electron chi connectivity index (χ2n) is 6.48. The van der Waals surface area contributed by atoms with Gasteiger partial charge in [-0.05, 0) is 48.2 Å². The van der Waals surface area contributed by atoms with Crippen LogP contribution in [0.2, 0.25) is 5.02 Å². The molecule has 27 heavy (non-hydrogen) atoms. The van der Waals surface area contributed by atoms with Gasteiger partial charge in [0.1, 0.15) is 0 Å². The molecule has 0 N–H and O–H groups in total. The summed E-state index contributed by atoms with van der Waals surface area (Å²) in [5, 5.41) is 1.73. The maximum absolute atomic E-state index is 11.8. The van der Waals surface area contributed by atoms with Crippen molar-refractivity contribution in [3.63, 3.8) is 0 Å². The molecule has 0 amide bonds. The minimum Gasteiger partial charge on any atom is -0.465 e. The Kier molecular flexibility index (Phi) is 5.14. The van der Waals surface area contributed by atoms with Crippen LogP contribution < -0.4 is 4.90 Å². The fourth-order valence-electron chi connectivity index (χ4n) is 3.28. The lowest BCUT2D eigenvalue weighted by Crippen LogP contribution is -2.26. The molecular weight excluding hydrogens is 380 g/mol. The molecule has 1 aromatic heterocycles. The van der Waals surface area contributed by atoms with Gasteiger partial charge in [-0.15, -0.1) is 0 Å². The number of carbonyl (C=O) groups is 1. The maximum Gasteiger partial charge on any atom is 0.337 e. The van der Waals surface area contributed by atoms with Crippen molar-refractivity contribution in [3.8, 4) is 0 Å². The van der Waals surface area contributed by atoms with E-state index in [1.54, 1.807) is 17.4 Å². The fraction of sp³-hybridized carbons (Fsp3) is 0.238. The molecule has 0 spiro atoms. The van der Waals surface area contributed by atoms with Gasteiger partial charge in [-0.2, -0.15) is 0 Å². The number of fused-ring (bicyclic) bond motifs is 1. The minimum absolute atomic E-state index is 0.331. The minimum atomic E-state index is -0.331. The van der Waals surface area contributed by atoms with E-state index in [1.807, 2.05) is 30.3 Å². The van der Waals surface area contributed by atoms with Crippen molar-refractivity contribution in [2.75, 3.05) is 25.1 Å². The number of aromatic nitrogens is 1. The molecule has 0 bridgehead atoms. The van der Waals surface area contributed by atoms with Gasteiger partial charge in [0.05, 0.1) is 22.9 Å². The highest BCUT2D eigenvalue weighted by atomic mass is 35.5. The summed E-state index contributed by atoms with van der Waals surface area (Å²) in [5.74, 6) is -0.331. The third kappa shape index (κ3) is 3.84. The van der Waals surface area contributed by atoms with Crippen LogP contribution in [0.15, 0.2) is 48.6 Å². The summed E-state index contributed by atoms with van der Waals surface area (Å²) in [6.45, 7) is 1.88. The van der Waals surface area contributed by atoms with Crippen LogP contribution in [0.5, 0.6) is 0 Å². The smallest absolute Gasteiger partial charge is 0.337 e. The molecule has 4 rings (SSSR count). The monoisotopic (exact) mass is 398 g/mol. The molecule has 1 aliphatic rings. The van der Waals surface area contributed by atoms with E-state index in [2.05, 4.69) is 17.1 Å². The number of hydrogen-bond acceptors (Lipinski definition) is 5. The van der Waals surface area contributed by atoms with Crippen molar-refractivity contribution in [1.29, 1.82) is 0 Å². The normalized spacial score (nSPS) is 13.9. The van der Waals surface area contributed by atoms with E-state index in [4.69, 9.17) is 21.3 Å². The highest BCUT2D eigenvalue weighted by Crippen LogP contribution is 2.34. The number of thiazole rings is 1. The average molecular weight is 399 g/mol. The third-order valence-corrected chi connectivity index (χ3v) is 5.88. The van der Waals surface area contributed by atoms with E-state index < -0.39 is 0 Å². The number of methoxy groups -OCH3 is 1. The molecule has 1 aliphatic heterocycles. The van der Waals surface area contributed by atoms with Crippen LogP contribution in [0.1, 0.15) is 27.9 Å². The maximum atomic E-state index is 11.8. The summed E-state index contributed by atoms with van der Waals surface area (Å²) in [5.41, 5.74) is 3.62. The van der Waals surface area contributed by atoms with Crippen LogP contribution in [0.25, 0.3) is 10.2 Å². The number of nitrogens with zero attached hydrogens (tertiary/aromatic N) is 2. The molecule has 0 aliphatic carbocycles. The molecule has 0 saturated carbocycles. The largest absolute Gasteiger partial charge is 0.465 e. The van der Waals surface area contributed by atoms with Gasteiger partial charge in [-0.1, -0.05) is 47.2 Å². The van der Waals surface area contributed by atoms with E-state index in [0.29, 0.717) is 17.0 Å². The van der Waals surface area contributed by atoms with Crippen molar-refractivity contribution in [2.24, 2.45) is 0 Å². The number of rotatable bonds is 4. The van der Waals surface area contributed by atoms with Crippen molar-refractivity contribution in [3.05, 3.63) is 70.3 Å². The summed E-state index contributed by atoms with van der Waals surface area (Å²) in [4.78, 5) is 19.0. The Bertz CT molecular complexity index is 1030. The Balaban J connectivity index is 1.70. The fourth-order valence-corrected chi connectivity index (χ4v) is 4.67. The van der Waals surface area contributed by atoms with Gasteiger partial charge in [0.2, 0.25) is 0 Å². The Morgan fingerprint density at radius 2 is 2.19 bits per heavy atom. The third-order valence-electron chi connectivity index (χ3n) is 4.60. The Hall–Kier alpha value is -2.37. The molecule has 0 radical (unpaired) electrons. The Morgan fingerprint density at radius 3 is 2.96 bits per heavy atom. The van der Waals surface area contributed by atoms with Crippen LogP contribution in [-0.2, 0) is 11.2 Å². The number of anilines is 1. The number of hydrogen-bond donors (Lipinski definition) is 0. The van der Waals surface area contributed by atoms with Crippen molar-refractivity contribution >= 4 is 44.3 Å². The SMILES string of the molecule is COC(=O)c1cccc(Cc2cc(Cl)cc3sc(N4CC=CCC4)nc23)c1. The lowest BCUT2D eigenvalue weighted by Gasteiger charge is -2.22. The van der Waals surface area contributed by atoms with E-state index in [9.17, 15) is 4.79 Å². The zero-order valence-electron chi connectivity index (χ0n) is 14.9. The predicted molar refractivity (Wildman–Crippen MR) is 111 cm³/mol. The molecule has 0 unspecified atom stereocenters. The van der Waals surface area contributed by atoms with Crippen LogP contribution in [0, 0.1) is 0 Å². The van der Waals surface area contributed by atoms with E-state index in [0.717, 1.165) is 46.0 Å². The lowest BCUT2D eigenvalue weighted by atomic mass is 10.0. The number of esters is 1. The zero-order chi connectivity index (χ0) is 18.8. The van der Waals surface area contributed by atoms with E-state index in [-0.39, 0.29) is 5.97 Å². The zero-order valence-corrected chi connectivity index (χ0v) is 16.5. The standard InChI is InChI=1S/C21H19ClN2O2S/c1-26-20(25)15-7-5-6-14(10-15)11-16-12-17(22)13-18-19(16)23-21(27-18)24-8-3-2-4-9-24/h2-3,5-7,10,12-13H,4,8-9,11H2,1H3. The molecule has 0 saturated heterocycles. The van der Waals surface area contributed by atoms with Gasteiger partial charge in [-0.3, -0.25) is 0 Å². The second-order valence-corrected chi connectivity index (χ2v) is 7.93. The van der Waals surface area contributed by atoms with Gasteiger partial charge in [-0.25, -0.2) is 9.78 Å². The molecule has 0 atom stereocenters. The number of ether oxygens (including phenoxy) is 1. The molecule has 6 heteroatoms. The summed E-state index contributed by atoms with van der Waals surface area (Å²) in [6, 6.07) is 11.4. The summed E-state index contributed by atoms with van der Waals surface area (Å²) in [7, 11) is 1.39. The van der Waals surface area contributed by atoms with Gasteiger partial charge < -0.3 is 9.64 Å². The van der Waals surface area contributed by atoms with Crippen molar-refractivity contribution in [1.82, 2.24) is 4.98 Å². The lowest BCUT2D eigenvalue weighted by molar-refractivity contribution is 0.0600. The number of benzene rings is 2. The Labute approximate surface area is 167 Å². The van der Waals surface area contributed by atoms with Gasteiger partial charge >= 0.3 is 5.97 Å². The molecule has 2 heterocycles. The first-order valence-corrected chi connectivity index (χ1v) is 9.99. The summed E-state index contributed by atoms with van der Waals surface area (Å²) < 4.78 is 5.91. The quantitative estimate of drug-likeness (QED) is 0.453. The molecule has 138 valence electrons. The molecule has 2 aromatic carbocycles. The summed E-state index contributed by atoms with van der Waals surface area (Å²) in [6.07, 6.45) is 6.09. The van der Waals surface area contributed by atoms with Crippen LogP contribution in [0.3, 0.4) is 0 Å². The van der Waals surface area contributed by atoms with Crippen LogP contribution in [-0.4, -0.2) is 31.2 Å². The van der Waals surface area contributed by atoms with Gasteiger partial charge in [0.25, 0.3) is 0 Å². The number of halogens is 1. The summed E-state index contributed by atoms with van der Waals surface area (Å²) >= 11 is 8.05. The molecule has 4 nitrogen and oxygen atoms in total. The van der Waals surface area contributed by atoms with Crippen LogP contribution >= 0.6 is 22.9 Å². The highest BCUT2D eigenvalue weighted by molar-refractivity contribution is 7.22. The topological polar surface area (TPSA) is 42.4 Å². The van der Waals surface area contributed by atoms with Crippen molar-refractivity contribution < 1.29 is 9.53 Å². The first kappa shape index (κ1) is 18.0. The van der Waals surface area contributed by atoms with Gasteiger partial charge in [0, 0.05) is 18.1 Å². The molecule has 0 fully saturated rings. The second kappa shape index (κ2) is 7.71. The highest BCUT2D eigenvalue weighted by Gasteiger charge is 2.16.